The summed E-state index contributed by atoms with van der Waals surface area (Å²) in [6.45, 7) is 11.0. The molecule has 0 aliphatic rings. The smallest absolute Gasteiger partial charge is 0.364 e. The van der Waals surface area contributed by atoms with Crippen molar-refractivity contribution in [3.8, 4) is 0 Å². The van der Waals surface area contributed by atoms with Crippen LogP contribution in [-0.4, -0.2) is 21.0 Å². The number of nitrogens with one attached hydrogen (secondary N) is 1. The molecule has 0 saturated carbocycles. The van der Waals surface area contributed by atoms with E-state index in [1.807, 2.05) is 0 Å². The normalized spacial score (nSPS) is 11.9. The van der Waals surface area contributed by atoms with E-state index in [9.17, 15) is 10.1 Å². The van der Waals surface area contributed by atoms with Crippen molar-refractivity contribution in [3.63, 3.8) is 0 Å². The first-order valence-electron chi connectivity index (χ1n) is 6.08. The van der Waals surface area contributed by atoms with Gasteiger partial charge in [0.1, 0.15) is 0 Å². The minimum atomic E-state index is -0.447. The van der Waals surface area contributed by atoms with Gasteiger partial charge >= 0.3 is 5.82 Å². The number of nitro groups is 1. The third-order valence-electron chi connectivity index (χ3n) is 3.75. The molecule has 1 rings (SSSR count). The lowest BCUT2D eigenvalue weighted by Crippen LogP contribution is -2.29. The molecule has 1 aromatic rings. The van der Waals surface area contributed by atoms with Crippen LogP contribution in [0.25, 0.3) is 0 Å². The quantitative estimate of drug-likeness (QED) is 0.647. The Morgan fingerprint density at radius 3 is 2.50 bits per heavy atom. The van der Waals surface area contributed by atoms with E-state index in [2.05, 4.69) is 38.0 Å². The Kier molecular flexibility index (Phi) is 3.98. The lowest BCUT2D eigenvalue weighted by atomic mass is 9.81. The summed E-state index contributed by atoms with van der Waals surface area (Å²) in [5, 5.41) is 14.1. The summed E-state index contributed by atoms with van der Waals surface area (Å²) < 4.78 is 1.72. The highest BCUT2D eigenvalue weighted by atomic mass is 16.6. The minimum Gasteiger partial charge on any atom is -0.364 e. The molecule has 0 fully saturated rings. The number of hydrogen-bond donors (Lipinski definition) is 1. The number of nitrogens with zero attached hydrogens (tertiary/aromatic N) is 3. The van der Waals surface area contributed by atoms with Crippen LogP contribution in [0, 0.1) is 28.4 Å². The first-order chi connectivity index (χ1) is 8.16. The van der Waals surface area contributed by atoms with Crippen molar-refractivity contribution in [2.75, 3.05) is 11.9 Å². The van der Waals surface area contributed by atoms with Crippen LogP contribution in [0.3, 0.4) is 0 Å². The molecule has 0 bridgehead atoms. The van der Waals surface area contributed by atoms with Gasteiger partial charge in [0, 0.05) is 20.5 Å². The van der Waals surface area contributed by atoms with Crippen LogP contribution in [0.4, 0.5) is 11.6 Å². The van der Waals surface area contributed by atoms with Crippen molar-refractivity contribution in [2.45, 2.75) is 34.6 Å². The molecule has 6 nitrogen and oxygen atoms in total. The fourth-order valence-electron chi connectivity index (χ4n) is 1.43. The Morgan fingerprint density at radius 1 is 1.50 bits per heavy atom. The molecule has 0 spiro atoms. The largest absolute Gasteiger partial charge is 0.406 e. The Balaban J connectivity index is 2.95. The van der Waals surface area contributed by atoms with Crippen molar-refractivity contribution < 1.29 is 4.92 Å². The molecular weight excluding hydrogens is 232 g/mol. The van der Waals surface area contributed by atoms with E-state index >= 15 is 0 Å². The molecule has 0 saturated heterocycles. The molecule has 1 heterocycles. The molecule has 0 radical (unpaired) electrons. The summed E-state index contributed by atoms with van der Waals surface area (Å²) in [6.07, 6.45) is 0. The molecular formula is C12H22N4O2. The monoisotopic (exact) mass is 254 g/mol. The first kappa shape index (κ1) is 14.5. The standard InChI is InChI=1S/C12H22N4O2/c1-8(2)12(4,5)7-13-10-11(16(17)18)14-9(3)15(10)6/h8,13H,7H2,1-6H3. The van der Waals surface area contributed by atoms with Crippen molar-refractivity contribution in [3.05, 3.63) is 15.9 Å². The molecule has 0 aliphatic carbocycles. The highest BCUT2D eigenvalue weighted by Crippen LogP contribution is 2.29. The Labute approximate surface area is 108 Å². The predicted octanol–water partition coefficient (Wildman–Crippen LogP) is 2.73. The maximum absolute atomic E-state index is 10.9. The van der Waals surface area contributed by atoms with Crippen LogP contribution in [0.15, 0.2) is 0 Å². The third kappa shape index (κ3) is 2.80. The zero-order valence-electron chi connectivity index (χ0n) is 11.9. The molecule has 1 N–H and O–H groups in total. The Bertz CT molecular complexity index is 449. The highest BCUT2D eigenvalue weighted by molar-refractivity contribution is 5.53. The maximum atomic E-state index is 10.9. The number of anilines is 1. The highest BCUT2D eigenvalue weighted by Gasteiger charge is 2.27. The van der Waals surface area contributed by atoms with Crippen molar-refractivity contribution in [2.24, 2.45) is 18.4 Å². The van der Waals surface area contributed by atoms with Crippen molar-refractivity contribution in [1.29, 1.82) is 0 Å². The summed E-state index contributed by atoms with van der Waals surface area (Å²) >= 11 is 0. The molecule has 0 amide bonds. The van der Waals surface area contributed by atoms with Gasteiger partial charge in [0.05, 0.1) is 0 Å². The van der Waals surface area contributed by atoms with E-state index in [4.69, 9.17) is 0 Å². The van der Waals surface area contributed by atoms with Gasteiger partial charge in [-0.15, -0.1) is 0 Å². The predicted molar refractivity (Wildman–Crippen MR) is 71.7 cm³/mol. The summed E-state index contributed by atoms with van der Waals surface area (Å²) in [4.78, 5) is 14.4. The van der Waals surface area contributed by atoms with Crippen LogP contribution in [-0.2, 0) is 7.05 Å². The van der Waals surface area contributed by atoms with Gasteiger partial charge in [-0.05, 0) is 21.2 Å². The van der Waals surface area contributed by atoms with Gasteiger partial charge < -0.3 is 15.4 Å². The van der Waals surface area contributed by atoms with Crippen molar-refractivity contribution in [1.82, 2.24) is 9.55 Å². The second-order valence-electron chi connectivity index (χ2n) is 5.64. The van der Waals surface area contributed by atoms with Crippen LogP contribution < -0.4 is 5.32 Å². The van der Waals surface area contributed by atoms with Gasteiger partial charge in [0.25, 0.3) is 0 Å². The lowest BCUT2D eigenvalue weighted by Gasteiger charge is -2.29. The molecule has 18 heavy (non-hydrogen) atoms. The molecule has 0 aliphatic heterocycles. The molecule has 102 valence electrons. The summed E-state index contributed by atoms with van der Waals surface area (Å²) in [6, 6.07) is 0. The van der Waals surface area contributed by atoms with Crippen LogP contribution in [0.5, 0.6) is 0 Å². The van der Waals surface area contributed by atoms with Crippen LogP contribution in [0.1, 0.15) is 33.5 Å². The van der Waals surface area contributed by atoms with Crippen LogP contribution in [0.2, 0.25) is 0 Å². The average Bonchev–Trinajstić information content (AvgIpc) is 2.53. The summed E-state index contributed by atoms with van der Waals surface area (Å²) in [5.41, 5.74) is 0.0616. The van der Waals surface area contributed by atoms with Gasteiger partial charge in [-0.3, -0.25) is 4.57 Å². The molecule has 0 atom stereocenters. The Hall–Kier alpha value is -1.59. The van der Waals surface area contributed by atoms with E-state index in [1.54, 1.807) is 18.5 Å². The topological polar surface area (TPSA) is 73.0 Å². The molecule has 0 unspecified atom stereocenters. The number of aromatic nitrogens is 2. The van der Waals surface area contributed by atoms with Gasteiger partial charge in [-0.1, -0.05) is 27.7 Å². The minimum absolute atomic E-state index is 0.0616. The van der Waals surface area contributed by atoms with E-state index in [0.29, 0.717) is 24.1 Å². The average molecular weight is 254 g/mol. The molecule has 1 aromatic heterocycles. The second kappa shape index (κ2) is 4.96. The lowest BCUT2D eigenvalue weighted by molar-refractivity contribution is -0.388. The van der Waals surface area contributed by atoms with Gasteiger partial charge in [0.2, 0.25) is 11.6 Å². The SMILES string of the molecule is Cc1nc([N+](=O)[O-])c(NCC(C)(C)C(C)C)n1C. The third-order valence-corrected chi connectivity index (χ3v) is 3.75. The molecule has 6 heteroatoms. The molecule has 0 aromatic carbocycles. The van der Waals surface area contributed by atoms with E-state index in [0.717, 1.165) is 0 Å². The fraction of sp³-hybridized carbons (Fsp3) is 0.750. The second-order valence-corrected chi connectivity index (χ2v) is 5.64. The number of aryl methyl sites for hydroxylation is 1. The van der Waals surface area contributed by atoms with E-state index in [1.165, 1.54) is 0 Å². The van der Waals surface area contributed by atoms with E-state index < -0.39 is 4.92 Å². The summed E-state index contributed by atoms with van der Waals surface area (Å²) in [7, 11) is 1.78. The number of imidazole rings is 1. The number of rotatable bonds is 5. The van der Waals surface area contributed by atoms with Gasteiger partial charge in [-0.2, -0.15) is 0 Å². The zero-order chi connectivity index (χ0) is 14.1. The number of hydrogen-bond acceptors (Lipinski definition) is 4. The van der Waals surface area contributed by atoms with Gasteiger partial charge in [0.15, 0.2) is 0 Å². The Morgan fingerprint density at radius 2 is 2.06 bits per heavy atom. The van der Waals surface area contributed by atoms with Crippen LogP contribution >= 0.6 is 0 Å². The zero-order valence-corrected chi connectivity index (χ0v) is 11.9. The summed E-state index contributed by atoms with van der Waals surface area (Å²) in [5.74, 6) is 1.49. The first-order valence-corrected chi connectivity index (χ1v) is 6.08. The van der Waals surface area contributed by atoms with Crippen molar-refractivity contribution >= 4 is 11.6 Å². The fourth-order valence-corrected chi connectivity index (χ4v) is 1.43. The van der Waals surface area contributed by atoms with E-state index in [-0.39, 0.29) is 11.2 Å². The maximum Gasteiger partial charge on any atom is 0.406 e. The van der Waals surface area contributed by atoms with Gasteiger partial charge in [-0.25, -0.2) is 0 Å².